The van der Waals surface area contributed by atoms with Gasteiger partial charge in [0.1, 0.15) is 17.4 Å². The lowest BCUT2D eigenvalue weighted by Crippen LogP contribution is -2.19. The highest BCUT2D eigenvalue weighted by Crippen LogP contribution is 2.15. The van der Waals surface area contributed by atoms with E-state index in [1.807, 2.05) is 18.0 Å². The predicted octanol–water partition coefficient (Wildman–Crippen LogP) is 2.77. The van der Waals surface area contributed by atoms with Gasteiger partial charge in [0.2, 0.25) is 0 Å². The summed E-state index contributed by atoms with van der Waals surface area (Å²) in [5, 5.41) is 11.8. The number of nitrogens with zero attached hydrogens (tertiary/aromatic N) is 2. The van der Waals surface area contributed by atoms with Crippen LogP contribution in [0.2, 0.25) is 0 Å². The van der Waals surface area contributed by atoms with Crippen molar-refractivity contribution in [1.82, 2.24) is 4.90 Å². The molecular formula is C16H21N3O2. The topological polar surface area (TPSA) is 65.4 Å². The molecule has 0 heterocycles. The SMILES string of the molecule is CCCCN(C)/C=C(/C#N)C(=O)Nc1ccc(OC)cc1. The summed E-state index contributed by atoms with van der Waals surface area (Å²) in [6, 6.07) is 8.89. The summed E-state index contributed by atoms with van der Waals surface area (Å²) in [5.41, 5.74) is 0.711. The Morgan fingerprint density at radius 1 is 1.43 bits per heavy atom. The van der Waals surface area contributed by atoms with E-state index in [1.165, 1.54) is 0 Å². The molecule has 0 aliphatic rings. The summed E-state index contributed by atoms with van der Waals surface area (Å²) in [6.45, 7) is 2.91. The Bertz CT molecular complexity index is 529. The molecule has 1 rings (SSSR count). The van der Waals surface area contributed by atoms with Crippen LogP contribution < -0.4 is 10.1 Å². The van der Waals surface area contributed by atoms with Crippen LogP contribution in [0.5, 0.6) is 5.75 Å². The van der Waals surface area contributed by atoms with Gasteiger partial charge in [0, 0.05) is 25.5 Å². The zero-order chi connectivity index (χ0) is 15.7. The van der Waals surface area contributed by atoms with E-state index in [9.17, 15) is 4.79 Å². The number of hydrogen-bond acceptors (Lipinski definition) is 4. The van der Waals surface area contributed by atoms with E-state index in [0.717, 1.165) is 19.4 Å². The van der Waals surface area contributed by atoms with Crippen LogP contribution in [-0.4, -0.2) is 31.5 Å². The molecule has 1 aromatic carbocycles. The van der Waals surface area contributed by atoms with Gasteiger partial charge in [0.15, 0.2) is 0 Å². The van der Waals surface area contributed by atoms with Gasteiger partial charge < -0.3 is 15.0 Å². The van der Waals surface area contributed by atoms with Crippen molar-refractivity contribution in [2.24, 2.45) is 0 Å². The van der Waals surface area contributed by atoms with Crippen molar-refractivity contribution in [3.05, 3.63) is 36.0 Å². The van der Waals surface area contributed by atoms with Gasteiger partial charge in [-0.15, -0.1) is 0 Å². The molecule has 0 aliphatic heterocycles. The maximum Gasteiger partial charge on any atom is 0.267 e. The third kappa shape index (κ3) is 5.57. The number of nitrogens with one attached hydrogen (secondary N) is 1. The maximum atomic E-state index is 12.0. The summed E-state index contributed by atoms with van der Waals surface area (Å²) < 4.78 is 5.05. The molecule has 0 spiro atoms. The fourth-order valence-corrected chi connectivity index (χ4v) is 1.70. The van der Waals surface area contributed by atoms with Crippen LogP contribution in [0.4, 0.5) is 5.69 Å². The maximum absolute atomic E-state index is 12.0. The first kappa shape index (κ1) is 16.6. The van der Waals surface area contributed by atoms with E-state index in [0.29, 0.717) is 11.4 Å². The van der Waals surface area contributed by atoms with Crippen LogP contribution in [0.15, 0.2) is 36.0 Å². The number of methoxy groups -OCH3 is 1. The molecule has 0 bridgehead atoms. The van der Waals surface area contributed by atoms with Gasteiger partial charge in [-0.2, -0.15) is 5.26 Å². The lowest BCUT2D eigenvalue weighted by Gasteiger charge is -2.14. The molecule has 21 heavy (non-hydrogen) atoms. The van der Waals surface area contributed by atoms with Crippen LogP contribution in [0.3, 0.4) is 0 Å². The van der Waals surface area contributed by atoms with E-state index in [2.05, 4.69) is 12.2 Å². The van der Waals surface area contributed by atoms with Gasteiger partial charge in [-0.05, 0) is 30.7 Å². The van der Waals surface area contributed by atoms with Gasteiger partial charge in [0.25, 0.3) is 5.91 Å². The minimum Gasteiger partial charge on any atom is -0.497 e. The van der Waals surface area contributed by atoms with Crippen LogP contribution in [0.25, 0.3) is 0 Å². The van der Waals surface area contributed by atoms with E-state index in [1.54, 1.807) is 37.6 Å². The Labute approximate surface area is 125 Å². The molecule has 0 aliphatic carbocycles. The van der Waals surface area contributed by atoms with Crippen molar-refractivity contribution >= 4 is 11.6 Å². The van der Waals surface area contributed by atoms with Crippen molar-refractivity contribution in [2.75, 3.05) is 26.0 Å². The van der Waals surface area contributed by atoms with Gasteiger partial charge in [-0.3, -0.25) is 4.79 Å². The van der Waals surface area contributed by atoms with Crippen molar-refractivity contribution in [2.45, 2.75) is 19.8 Å². The Balaban J connectivity index is 2.70. The van der Waals surface area contributed by atoms with Crippen molar-refractivity contribution in [3.8, 4) is 11.8 Å². The average molecular weight is 287 g/mol. The molecule has 0 unspecified atom stereocenters. The lowest BCUT2D eigenvalue weighted by molar-refractivity contribution is -0.112. The van der Waals surface area contributed by atoms with Crippen molar-refractivity contribution < 1.29 is 9.53 Å². The summed E-state index contributed by atoms with van der Waals surface area (Å²) in [6.07, 6.45) is 3.67. The number of ether oxygens (including phenoxy) is 1. The molecule has 0 fully saturated rings. The zero-order valence-corrected chi connectivity index (χ0v) is 12.7. The Hall–Kier alpha value is -2.48. The lowest BCUT2D eigenvalue weighted by atomic mass is 10.2. The number of carbonyl (C=O) groups is 1. The quantitative estimate of drug-likeness (QED) is 0.618. The highest BCUT2D eigenvalue weighted by Gasteiger charge is 2.10. The highest BCUT2D eigenvalue weighted by atomic mass is 16.5. The number of hydrogen-bond donors (Lipinski definition) is 1. The molecule has 1 amide bonds. The first-order chi connectivity index (χ1) is 10.1. The van der Waals surface area contributed by atoms with Crippen LogP contribution in [-0.2, 0) is 4.79 Å². The number of anilines is 1. The van der Waals surface area contributed by atoms with E-state index < -0.39 is 5.91 Å². The monoisotopic (exact) mass is 287 g/mol. The van der Waals surface area contributed by atoms with E-state index in [-0.39, 0.29) is 5.57 Å². The Kier molecular flexibility index (Phi) is 6.82. The van der Waals surface area contributed by atoms with Crippen LogP contribution in [0, 0.1) is 11.3 Å². The smallest absolute Gasteiger partial charge is 0.267 e. The molecule has 0 radical (unpaired) electrons. The van der Waals surface area contributed by atoms with Gasteiger partial charge >= 0.3 is 0 Å². The second-order valence-corrected chi connectivity index (χ2v) is 4.67. The molecule has 1 aromatic rings. The summed E-state index contributed by atoms with van der Waals surface area (Å²) in [4.78, 5) is 13.9. The fourth-order valence-electron chi connectivity index (χ4n) is 1.70. The molecule has 1 N–H and O–H groups in total. The first-order valence-electron chi connectivity index (χ1n) is 6.88. The molecule has 0 aromatic heterocycles. The number of carbonyl (C=O) groups excluding carboxylic acids is 1. The molecular weight excluding hydrogens is 266 g/mol. The number of benzene rings is 1. The highest BCUT2D eigenvalue weighted by molar-refractivity contribution is 6.06. The standard InChI is InChI=1S/C16H21N3O2/c1-4-5-10-19(2)12-13(11-17)16(20)18-14-6-8-15(21-3)9-7-14/h6-9,12H,4-5,10H2,1-3H3,(H,18,20)/b13-12-. The van der Waals surface area contributed by atoms with Crippen LogP contribution >= 0.6 is 0 Å². The largest absolute Gasteiger partial charge is 0.497 e. The van der Waals surface area contributed by atoms with Crippen molar-refractivity contribution in [3.63, 3.8) is 0 Å². The molecule has 5 heteroatoms. The van der Waals surface area contributed by atoms with Gasteiger partial charge in [0.05, 0.1) is 7.11 Å². The van der Waals surface area contributed by atoms with Gasteiger partial charge in [-0.1, -0.05) is 13.3 Å². The van der Waals surface area contributed by atoms with Crippen molar-refractivity contribution in [1.29, 1.82) is 5.26 Å². The third-order valence-electron chi connectivity index (χ3n) is 2.93. The minimum atomic E-state index is -0.411. The molecule has 112 valence electrons. The summed E-state index contributed by atoms with van der Waals surface area (Å²) in [5.74, 6) is 0.300. The third-order valence-corrected chi connectivity index (χ3v) is 2.93. The second kappa shape index (κ2) is 8.64. The van der Waals surface area contributed by atoms with E-state index in [4.69, 9.17) is 10.00 Å². The van der Waals surface area contributed by atoms with E-state index >= 15 is 0 Å². The average Bonchev–Trinajstić information content (AvgIpc) is 2.51. The minimum absolute atomic E-state index is 0.0874. The van der Waals surface area contributed by atoms with Crippen LogP contribution in [0.1, 0.15) is 19.8 Å². The number of rotatable bonds is 7. The second-order valence-electron chi connectivity index (χ2n) is 4.67. The normalized spacial score (nSPS) is 10.7. The number of unbranched alkanes of at least 4 members (excludes halogenated alkanes) is 1. The molecule has 0 atom stereocenters. The summed E-state index contributed by atoms with van der Waals surface area (Å²) in [7, 11) is 3.43. The Morgan fingerprint density at radius 3 is 2.62 bits per heavy atom. The fraction of sp³-hybridized carbons (Fsp3) is 0.375. The molecule has 5 nitrogen and oxygen atoms in total. The summed E-state index contributed by atoms with van der Waals surface area (Å²) >= 11 is 0. The Morgan fingerprint density at radius 2 is 2.10 bits per heavy atom. The molecule has 0 saturated carbocycles. The number of amides is 1. The predicted molar refractivity (Wildman–Crippen MR) is 82.9 cm³/mol. The molecule has 0 saturated heterocycles. The van der Waals surface area contributed by atoms with Gasteiger partial charge in [-0.25, -0.2) is 0 Å². The number of nitriles is 1. The zero-order valence-electron chi connectivity index (χ0n) is 12.7. The first-order valence-corrected chi connectivity index (χ1v) is 6.88.